The van der Waals surface area contributed by atoms with Crippen LogP contribution < -0.4 is 10.5 Å². The molecule has 1 aliphatic heterocycles. The highest BCUT2D eigenvalue weighted by Gasteiger charge is 2.25. The number of hydrogen-bond acceptors (Lipinski definition) is 6. The zero-order valence-electron chi connectivity index (χ0n) is 16.3. The van der Waals surface area contributed by atoms with Crippen LogP contribution in [0, 0.1) is 5.92 Å². The summed E-state index contributed by atoms with van der Waals surface area (Å²) >= 11 is 0. The van der Waals surface area contributed by atoms with Gasteiger partial charge >= 0.3 is 0 Å². The number of rotatable bonds is 5. The van der Waals surface area contributed by atoms with E-state index in [0.717, 1.165) is 37.4 Å². The number of hydrogen-bond donors (Lipinski definition) is 0. The Kier molecular flexibility index (Phi) is 4.79. The highest BCUT2D eigenvalue weighted by atomic mass is 16.1. The van der Waals surface area contributed by atoms with E-state index in [9.17, 15) is 4.79 Å². The molecule has 5 rings (SSSR count). The molecule has 2 fully saturated rings. The van der Waals surface area contributed by atoms with E-state index in [1.165, 1.54) is 18.4 Å². The van der Waals surface area contributed by atoms with Crippen molar-refractivity contribution in [3.05, 3.63) is 65.2 Å². The Bertz CT molecular complexity index is 1020. The fraction of sp³-hybridized carbons (Fsp3) is 0.409. The summed E-state index contributed by atoms with van der Waals surface area (Å²) in [6, 6.07) is 5.34. The van der Waals surface area contributed by atoms with Crippen LogP contribution in [-0.2, 0) is 6.54 Å². The molecular formula is C22H24N6O. The molecule has 0 N–H and O–H groups in total. The largest absolute Gasteiger partial charge is 0.341 e. The van der Waals surface area contributed by atoms with E-state index < -0.39 is 0 Å². The van der Waals surface area contributed by atoms with Crippen molar-refractivity contribution in [3.8, 4) is 11.3 Å². The van der Waals surface area contributed by atoms with Gasteiger partial charge in [-0.05, 0) is 55.2 Å². The van der Waals surface area contributed by atoms with Crippen LogP contribution in [0.3, 0.4) is 0 Å². The van der Waals surface area contributed by atoms with Crippen LogP contribution in [0.15, 0.2) is 54.1 Å². The number of aromatic nitrogens is 5. The summed E-state index contributed by atoms with van der Waals surface area (Å²) < 4.78 is 1.73. The van der Waals surface area contributed by atoms with E-state index in [0.29, 0.717) is 24.1 Å². The SMILES string of the molecule is O=c1cc(-c2ccncc2)ncn1CC1CCN(c2ncc(C3CC3)cn2)CC1. The van der Waals surface area contributed by atoms with Crippen molar-refractivity contribution in [1.29, 1.82) is 0 Å². The standard InChI is InChI=1S/C22H24N6O/c29-21-11-20(18-3-7-23-8-4-18)26-15-28(21)14-16-5-9-27(10-6-16)22-24-12-19(13-25-22)17-1-2-17/h3-4,7-8,11-13,15-17H,1-2,5-6,9-10,14H2. The molecule has 1 saturated carbocycles. The number of nitrogens with zero attached hydrogens (tertiary/aromatic N) is 6. The van der Waals surface area contributed by atoms with E-state index in [-0.39, 0.29) is 5.56 Å². The third-order valence-corrected chi connectivity index (χ3v) is 5.91. The molecule has 0 amide bonds. The Balaban J connectivity index is 1.20. The molecule has 7 nitrogen and oxygen atoms in total. The van der Waals surface area contributed by atoms with Gasteiger partial charge in [-0.3, -0.25) is 14.3 Å². The third kappa shape index (κ3) is 4.04. The van der Waals surface area contributed by atoms with Crippen molar-refractivity contribution in [3.63, 3.8) is 0 Å². The highest BCUT2D eigenvalue weighted by molar-refractivity contribution is 5.57. The molecule has 29 heavy (non-hydrogen) atoms. The first-order chi connectivity index (χ1) is 14.3. The van der Waals surface area contributed by atoms with Gasteiger partial charge < -0.3 is 4.90 Å². The molecule has 3 aromatic rings. The number of anilines is 1. The van der Waals surface area contributed by atoms with Crippen LogP contribution in [0.4, 0.5) is 5.95 Å². The van der Waals surface area contributed by atoms with Crippen LogP contribution in [-0.4, -0.2) is 37.6 Å². The molecule has 1 aliphatic carbocycles. The lowest BCUT2D eigenvalue weighted by molar-refractivity contribution is 0.349. The zero-order chi connectivity index (χ0) is 19.6. The summed E-state index contributed by atoms with van der Waals surface area (Å²) in [6.45, 7) is 2.55. The summed E-state index contributed by atoms with van der Waals surface area (Å²) in [7, 11) is 0. The molecule has 148 valence electrons. The Hall–Kier alpha value is -3.09. The number of pyridine rings is 1. The quantitative estimate of drug-likeness (QED) is 0.669. The molecular weight excluding hydrogens is 364 g/mol. The minimum atomic E-state index is -0.00626. The van der Waals surface area contributed by atoms with Gasteiger partial charge in [-0.2, -0.15) is 0 Å². The van der Waals surface area contributed by atoms with Gasteiger partial charge in [-0.25, -0.2) is 15.0 Å². The van der Waals surface area contributed by atoms with Gasteiger partial charge in [0.15, 0.2) is 0 Å². The lowest BCUT2D eigenvalue weighted by Gasteiger charge is -2.32. The van der Waals surface area contributed by atoms with Crippen LogP contribution in [0.5, 0.6) is 0 Å². The summed E-state index contributed by atoms with van der Waals surface area (Å²) in [5, 5.41) is 0. The molecule has 2 aliphatic rings. The molecule has 0 bridgehead atoms. The van der Waals surface area contributed by atoms with Gasteiger partial charge in [0.1, 0.15) is 0 Å². The molecule has 3 aromatic heterocycles. The molecule has 0 spiro atoms. The first-order valence-electron chi connectivity index (χ1n) is 10.3. The van der Waals surface area contributed by atoms with Crippen molar-refractivity contribution in [2.24, 2.45) is 5.92 Å². The highest BCUT2D eigenvalue weighted by Crippen LogP contribution is 2.39. The lowest BCUT2D eigenvalue weighted by atomic mass is 9.97. The van der Waals surface area contributed by atoms with E-state index in [1.54, 1.807) is 29.4 Å². The van der Waals surface area contributed by atoms with E-state index in [1.807, 2.05) is 24.5 Å². The zero-order valence-corrected chi connectivity index (χ0v) is 16.3. The van der Waals surface area contributed by atoms with Crippen molar-refractivity contribution >= 4 is 5.95 Å². The monoisotopic (exact) mass is 388 g/mol. The van der Waals surface area contributed by atoms with E-state index >= 15 is 0 Å². The first kappa shape index (κ1) is 18.0. The van der Waals surface area contributed by atoms with Crippen molar-refractivity contribution < 1.29 is 0 Å². The van der Waals surface area contributed by atoms with Crippen molar-refractivity contribution in [2.45, 2.75) is 38.1 Å². The summed E-state index contributed by atoms with van der Waals surface area (Å²) in [5.74, 6) is 1.98. The number of piperidine rings is 1. The average molecular weight is 388 g/mol. The van der Waals surface area contributed by atoms with E-state index in [2.05, 4.69) is 24.8 Å². The normalized spacial score (nSPS) is 17.4. The predicted octanol–water partition coefficient (Wildman–Crippen LogP) is 2.89. The molecule has 1 saturated heterocycles. The fourth-order valence-corrected chi connectivity index (χ4v) is 3.96. The first-order valence-corrected chi connectivity index (χ1v) is 10.3. The van der Waals surface area contributed by atoms with Crippen LogP contribution in [0.2, 0.25) is 0 Å². The minimum absolute atomic E-state index is 0.00626. The maximum absolute atomic E-state index is 12.5. The second kappa shape index (κ2) is 7.73. The lowest BCUT2D eigenvalue weighted by Crippen LogP contribution is -2.37. The van der Waals surface area contributed by atoms with Gasteiger partial charge in [0.2, 0.25) is 5.95 Å². The Morgan fingerprint density at radius 2 is 1.69 bits per heavy atom. The van der Waals surface area contributed by atoms with Gasteiger partial charge in [-0.1, -0.05) is 0 Å². The Morgan fingerprint density at radius 3 is 2.34 bits per heavy atom. The van der Waals surface area contributed by atoms with Gasteiger partial charge in [0.05, 0.1) is 12.0 Å². The maximum Gasteiger partial charge on any atom is 0.253 e. The predicted molar refractivity (Wildman–Crippen MR) is 111 cm³/mol. The van der Waals surface area contributed by atoms with Crippen LogP contribution in [0.1, 0.15) is 37.2 Å². The molecule has 7 heteroatoms. The second-order valence-electron chi connectivity index (χ2n) is 8.02. The molecule has 0 atom stereocenters. The third-order valence-electron chi connectivity index (χ3n) is 5.91. The minimum Gasteiger partial charge on any atom is -0.341 e. The molecule has 0 unspecified atom stereocenters. The van der Waals surface area contributed by atoms with Gasteiger partial charge in [-0.15, -0.1) is 0 Å². The van der Waals surface area contributed by atoms with Crippen LogP contribution in [0.25, 0.3) is 11.3 Å². The van der Waals surface area contributed by atoms with Crippen LogP contribution >= 0.6 is 0 Å². The van der Waals surface area contributed by atoms with Crippen molar-refractivity contribution in [2.75, 3.05) is 18.0 Å². The molecule has 0 radical (unpaired) electrons. The van der Waals surface area contributed by atoms with E-state index in [4.69, 9.17) is 0 Å². The smallest absolute Gasteiger partial charge is 0.253 e. The summed E-state index contributed by atoms with van der Waals surface area (Å²) in [5.41, 5.74) is 2.86. The summed E-state index contributed by atoms with van der Waals surface area (Å²) in [4.78, 5) is 32.4. The topological polar surface area (TPSA) is 76.8 Å². The molecule has 4 heterocycles. The van der Waals surface area contributed by atoms with Gasteiger partial charge in [0.25, 0.3) is 5.56 Å². The molecule has 0 aromatic carbocycles. The maximum atomic E-state index is 12.5. The van der Waals surface area contributed by atoms with Gasteiger partial charge in [0, 0.05) is 56.1 Å². The second-order valence-corrected chi connectivity index (χ2v) is 8.02. The Labute approximate surface area is 169 Å². The Morgan fingerprint density at radius 1 is 0.966 bits per heavy atom. The summed E-state index contributed by atoms with van der Waals surface area (Å²) in [6.07, 6.45) is 13.6. The average Bonchev–Trinajstić information content (AvgIpc) is 3.62. The fourth-order valence-electron chi connectivity index (χ4n) is 3.96. The van der Waals surface area contributed by atoms with Crippen molar-refractivity contribution in [1.82, 2.24) is 24.5 Å².